The highest BCUT2D eigenvalue weighted by Crippen LogP contribution is 2.33. The Morgan fingerprint density at radius 1 is 1.28 bits per heavy atom. The van der Waals surface area contributed by atoms with Gasteiger partial charge in [0.15, 0.2) is 0 Å². The molecule has 0 spiro atoms. The van der Waals surface area contributed by atoms with Crippen molar-refractivity contribution in [3.05, 3.63) is 54.4 Å². The molecule has 2 unspecified atom stereocenters. The predicted octanol–water partition coefficient (Wildman–Crippen LogP) is 4.88. The SMILES string of the molecule is CCCCCC(c1ccccn1)C1C=CC=CC1. The van der Waals surface area contributed by atoms with Crippen LogP contribution in [0.2, 0.25) is 0 Å². The summed E-state index contributed by atoms with van der Waals surface area (Å²) in [5, 5.41) is 0. The fraction of sp³-hybridized carbons (Fsp3) is 0.471. The zero-order chi connectivity index (χ0) is 12.6. The van der Waals surface area contributed by atoms with Crippen LogP contribution in [0.15, 0.2) is 48.7 Å². The lowest BCUT2D eigenvalue weighted by atomic mass is 9.81. The molecule has 18 heavy (non-hydrogen) atoms. The van der Waals surface area contributed by atoms with Crippen molar-refractivity contribution in [1.82, 2.24) is 4.98 Å². The number of rotatable bonds is 6. The number of allylic oxidation sites excluding steroid dienone is 4. The van der Waals surface area contributed by atoms with Crippen molar-refractivity contribution >= 4 is 0 Å². The van der Waals surface area contributed by atoms with E-state index in [0.717, 1.165) is 6.42 Å². The third-order valence-corrected chi connectivity index (χ3v) is 3.72. The molecule has 0 aliphatic heterocycles. The zero-order valence-electron chi connectivity index (χ0n) is 11.3. The summed E-state index contributed by atoms with van der Waals surface area (Å²) in [6.07, 6.45) is 17.2. The third-order valence-electron chi connectivity index (χ3n) is 3.72. The van der Waals surface area contributed by atoms with Gasteiger partial charge in [0.2, 0.25) is 0 Å². The van der Waals surface area contributed by atoms with Gasteiger partial charge in [-0.3, -0.25) is 4.98 Å². The molecule has 0 fully saturated rings. The lowest BCUT2D eigenvalue weighted by Crippen LogP contribution is -2.13. The Morgan fingerprint density at radius 2 is 2.22 bits per heavy atom. The van der Waals surface area contributed by atoms with E-state index >= 15 is 0 Å². The van der Waals surface area contributed by atoms with Gasteiger partial charge in [-0.05, 0) is 30.9 Å². The highest BCUT2D eigenvalue weighted by molar-refractivity contribution is 5.19. The quantitative estimate of drug-likeness (QED) is 0.647. The monoisotopic (exact) mass is 241 g/mol. The number of unbranched alkanes of at least 4 members (excludes halogenated alkanes) is 2. The maximum Gasteiger partial charge on any atom is 0.0440 e. The van der Waals surface area contributed by atoms with Gasteiger partial charge in [-0.2, -0.15) is 0 Å². The summed E-state index contributed by atoms with van der Waals surface area (Å²) in [5.41, 5.74) is 1.26. The molecule has 96 valence electrons. The highest BCUT2D eigenvalue weighted by Gasteiger charge is 2.21. The van der Waals surface area contributed by atoms with Crippen LogP contribution in [0.4, 0.5) is 0 Å². The van der Waals surface area contributed by atoms with E-state index < -0.39 is 0 Å². The van der Waals surface area contributed by atoms with Gasteiger partial charge in [-0.1, -0.05) is 56.6 Å². The van der Waals surface area contributed by atoms with E-state index in [4.69, 9.17) is 0 Å². The average Bonchev–Trinajstić information content (AvgIpc) is 2.46. The Morgan fingerprint density at radius 3 is 2.89 bits per heavy atom. The average molecular weight is 241 g/mol. The topological polar surface area (TPSA) is 12.9 Å². The van der Waals surface area contributed by atoms with Crippen molar-refractivity contribution in [2.24, 2.45) is 5.92 Å². The van der Waals surface area contributed by atoms with Gasteiger partial charge in [0.1, 0.15) is 0 Å². The van der Waals surface area contributed by atoms with Gasteiger partial charge in [0.25, 0.3) is 0 Å². The Kier molecular flexibility index (Phi) is 5.19. The molecule has 1 aliphatic carbocycles. The van der Waals surface area contributed by atoms with Crippen molar-refractivity contribution < 1.29 is 0 Å². The van der Waals surface area contributed by atoms with Crippen molar-refractivity contribution in [2.75, 3.05) is 0 Å². The first kappa shape index (κ1) is 13.1. The first-order valence-electron chi connectivity index (χ1n) is 7.16. The molecule has 1 heteroatoms. The second-order valence-corrected chi connectivity index (χ2v) is 5.07. The van der Waals surface area contributed by atoms with Gasteiger partial charge in [0, 0.05) is 17.8 Å². The van der Waals surface area contributed by atoms with Crippen LogP contribution < -0.4 is 0 Å². The molecule has 0 saturated carbocycles. The summed E-state index contributed by atoms with van der Waals surface area (Å²) in [5.74, 6) is 1.21. The first-order chi connectivity index (χ1) is 8.92. The van der Waals surface area contributed by atoms with Crippen molar-refractivity contribution in [3.63, 3.8) is 0 Å². The minimum Gasteiger partial charge on any atom is -0.261 e. The number of nitrogens with zero attached hydrogens (tertiary/aromatic N) is 1. The van der Waals surface area contributed by atoms with E-state index in [9.17, 15) is 0 Å². The molecular weight excluding hydrogens is 218 g/mol. The molecule has 1 aliphatic rings. The van der Waals surface area contributed by atoms with Gasteiger partial charge in [-0.25, -0.2) is 0 Å². The Labute approximate surface area is 111 Å². The van der Waals surface area contributed by atoms with Crippen LogP contribution in [0.25, 0.3) is 0 Å². The van der Waals surface area contributed by atoms with E-state index in [1.165, 1.54) is 31.4 Å². The smallest absolute Gasteiger partial charge is 0.0440 e. The largest absolute Gasteiger partial charge is 0.261 e. The maximum atomic E-state index is 4.58. The van der Waals surface area contributed by atoms with Gasteiger partial charge in [0.05, 0.1) is 0 Å². The Hall–Kier alpha value is -1.37. The van der Waals surface area contributed by atoms with Gasteiger partial charge < -0.3 is 0 Å². The summed E-state index contributed by atoms with van der Waals surface area (Å²) in [4.78, 5) is 4.58. The molecule has 2 rings (SSSR count). The second-order valence-electron chi connectivity index (χ2n) is 5.07. The van der Waals surface area contributed by atoms with Crippen LogP contribution in [0.3, 0.4) is 0 Å². The minimum absolute atomic E-state index is 0.582. The first-order valence-corrected chi connectivity index (χ1v) is 7.16. The molecule has 0 saturated heterocycles. The summed E-state index contributed by atoms with van der Waals surface area (Å²) in [7, 11) is 0. The minimum atomic E-state index is 0.582. The van der Waals surface area contributed by atoms with E-state index in [1.807, 2.05) is 12.3 Å². The Bertz CT molecular complexity index is 391. The van der Waals surface area contributed by atoms with Crippen LogP contribution in [-0.4, -0.2) is 4.98 Å². The van der Waals surface area contributed by atoms with Crippen molar-refractivity contribution in [1.29, 1.82) is 0 Å². The second kappa shape index (κ2) is 7.15. The third kappa shape index (κ3) is 3.56. The number of pyridine rings is 1. The summed E-state index contributed by atoms with van der Waals surface area (Å²) in [6.45, 7) is 2.26. The van der Waals surface area contributed by atoms with Crippen LogP contribution in [0, 0.1) is 5.92 Å². The van der Waals surface area contributed by atoms with E-state index in [0.29, 0.717) is 11.8 Å². The molecular formula is C17H23N. The molecule has 0 N–H and O–H groups in total. The molecule has 0 bridgehead atoms. The zero-order valence-corrected chi connectivity index (χ0v) is 11.3. The standard InChI is InChI=1S/C17H23N/c1-2-3-5-12-16(15-10-6-4-7-11-15)17-13-8-9-14-18-17/h4,6-10,13-16H,2-3,5,11-12H2,1H3. The fourth-order valence-electron chi connectivity index (χ4n) is 2.69. The normalized spacial score (nSPS) is 19.9. The van der Waals surface area contributed by atoms with Gasteiger partial charge >= 0.3 is 0 Å². The number of hydrogen-bond acceptors (Lipinski definition) is 1. The van der Waals surface area contributed by atoms with E-state index in [2.05, 4.69) is 48.3 Å². The van der Waals surface area contributed by atoms with Crippen LogP contribution in [0.5, 0.6) is 0 Å². The molecule has 1 aromatic heterocycles. The van der Waals surface area contributed by atoms with Gasteiger partial charge in [-0.15, -0.1) is 0 Å². The predicted molar refractivity (Wildman–Crippen MR) is 77.5 cm³/mol. The number of aromatic nitrogens is 1. The molecule has 0 amide bonds. The summed E-state index contributed by atoms with van der Waals surface area (Å²) < 4.78 is 0. The molecule has 0 radical (unpaired) electrons. The molecule has 1 heterocycles. The summed E-state index contributed by atoms with van der Waals surface area (Å²) in [6, 6.07) is 6.30. The van der Waals surface area contributed by atoms with Crippen LogP contribution in [-0.2, 0) is 0 Å². The molecule has 2 atom stereocenters. The maximum absolute atomic E-state index is 4.58. The van der Waals surface area contributed by atoms with Crippen LogP contribution in [0.1, 0.15) is 50.6 Å². The van der Waals surface area contributed by atoms with E-state index in [-0.39, 0.29) is 0 Å². The summed E-state index contributed by atoms with van der Waals surface area (Å²) >= 11 is 0. The molecule has 1 nitrogen and oxygen atoms in total. The van der Waals surface area contributed by atoms with Crippen LogP contribution >= 0.6 is 0 Å². The lowest BCUT2D eigenvalue weighted by molar-refractivity contribution is 0.447. The van der Waals surface area contributed by atoms with Crippen molar-refractivity contribution in [2.45, 2.75) is 44.9 Å². The van der Waals surface area contributed by atoms with Crippen molar-refractivity contribution in [3.8, 4) is 0 Å². The fourth-order valence-corrected chi connectivity index (χ4v) is 2.69. The van der Waals surface area contributed by atoms with E-state index in [1.54, 1.807) is 0 Å². The lowest BCUT2D eigenvalue weighted by Gasteiger charge is -2.24. The Balaban J connectivity index is 2.07. The molecule has 0 aromatic carbocycles. The molecule has 1 aromatic rings. The highest BCUT2D eigenvalue weighted by atomic mass is 14.7. The number of hydrogen-bond donors (Lipinski definition) is 0.